The Hall–Kier alpha value is -1.28. The minimum absolute atomic E-state index is 0.110. The molecule has 0 aromatic heterocycles. The molecular formula is C17H27NO. The second-order valence-electron chi connectivity index (χ2n) is 6.22. The molecular weight excluding hydrogens is 234 g/mol. The highest BCUT2D eigenvalue weighted by atomic mass is 16.5. The van der Waals surface area contributed by atoms with Crippen LogP contribution in [0.5, 0.6) is 5.75 Å². The summed E-state index contributed by atoms with van der Waals surface area (Å²) in [5.74, 6) is 1.01. The number of rotatable bonds is 6. The molecule has 0 atom stereocenters. The van der Waals surface area contributed by atoms with Gasteiger partial charge in [-0.1, -0.05) is 23.8 Å². The van der Waals surface area contributed by atoms with E-state index in [0.717, 1.165) is 24.3 Å². The first-order valence-electron chi connectivity index (χ1n) is 6.90. The Labute approximate surface area is 117 Å². The molecule has 0 aliphatic rings. The minimum Gasteiger partial charge on any atom is -0.493 e. The molecule has 0 heterocycles. The van der Waals surface area contributed by atoms with E-state index in [1.54, 1.807) is 0 Å². The lowest BCUT2D eigenvalue weighted by atomic mass is 10.1. The zero-order valence-electron chi connectivity index (χ0n) is 13.0. The van der Waals surface area contributed by atoms with Gasteiger partial charge in [0.1, 0.15) is 5.75 Å². The SMILES string of the molecule is C=C(C)CCOc1c(C)cccc1CNC(C)(C)C. The summed E-state index contributed by atoms with van der Waals surface area (Å²) in [6.45, 7) is 16.1. The van der Waals surface area contributed by atoms with Crippen LogP contribution in [-0.2, 0) is 6.54 Å². The van der Waals surface area contributed by atoms with Crippen molar-refractivity contribution in [3.05, 3.63) is 41.5 Å². The van der Waals surface area contributed by atoms with Gasteiger partial charge in [0.25, 0.3) is 0 Å². The van der Waals surface area contributed by atoms with Crippen molar-refractivity contribution < 1.29 is 4.74 Å². The fourth-order valence-corrected chi connectivity index (χ4v) is 1.75. The van der Waals surface area contributed by atoms with E-state index in [1.165, 1.54) is 11.1 Å². The van der Waals surface area contributed by atoms with Crippen molar-refractivity contribution in [2.45, 2.75) is 53.1 Å². The summed E-state index contributed by atoms with van der Waals surface area (Å²) in [6, 6.07) is 6.30. The molecule has 0 amide bonds. The van der Waals surface area contributed by atoms with Crippen LogP contribution in [0.15, 0.2) is 30.4 Å². The molecule has 1 aromatic carbocycles. The monoisotopic (exact) mass is 261 g/mol. The minimum atomic E-state index is 0.110. The molecule has 0 saturated heterocycles. The predicted octanol–water partition coefficient (Wildman–Crippen LogP) is 4.23. The average molecular weight is 261 g/mol. The van der Waals surface area contributed by atoms with Crippen LogP contribution in [0.1, 0.15) is 45.2 Å². The highest BCUT2D eigenvalue weighted by Crippen LogP contribution is 2.24. The first-order chi connectivity index (χ1) is 8.79. The van der Waals surface area contributed by atoms with Crippen molar-refractivity contribution in [1.82, 2.24) is 5.32 Å². The largest absolute Gasteiger partial charge is 0.493 e. The van der Waals surface area contributed by atoms with Crippen LogP contribution in [0, 0.1) is 6.92 Å². The number of aryl methyl sites for hydroxylation is 1. The molecule has 0 unspecified atom stereocenters. The van der Waals surface area contributed by atoms with Crippen molar-refractivity contribution in [3.63, 3.8) is 0 Å². The first-order valence-corrected chi connectivity index (χ1v) is 6.90. The molecule has 1 rings (SSSR count). The second kappa shape index (κ2) is 6.76. The smallest absolute Gasteiger partial charge is 0.126 e. The number of hydrogen-bond donors (Lipinski definition) is 1. The maximum atomic E-state index is 5.94. The first kappa shape index (κ1) is 15.8. The van der Waals surface area contributed by atoms with E-state index in [2.05, 4.69) is 57.8 Å². The van der Waals surface area contributed by atoms with Gasteiger partial charge in [-0.05, 0) is 40.2 Å². The van der Waals surface area contributed by atoms with Crippen LogP contribution in [0.2, 0.25) is 0 Å². The maximum Gasteiger partial charge on any atom is 0.126 e. The van der Waals surface area contributed by atoms with Crippen LogP contribution >= 0.6 is 0 Å². The summed E-state index contributed by atoms with van der Waals surface area (Å²) in [5, 5.41) is 3.51. The quantitative estimate of drug-likeness (QED) is 0.774. The molecule has 2 nitrogen and oxygen atoms in total. The predicted molar refractivity (Wildman–Crippen MR) is 82.7 cm³/mol. The van der Waals surface area contributed by atoms with Crippen molar-refractivity contribution in [1.29, 1.82) is 0 Å². The van der Waals surface area contributed by atoms with Gasteiger partial charge in [-0.3, -0.25) is 0 Å². The molecule has 106 valence electrons. The van der Waals surface area contributed by atoms with Gasteiger partial charge in [-0.25, -0.2) is 0 Å². The van der Waals surface area contributed by atoms with Crippen LogP contribution in [0.4, 0.5) is 0 Å². The second-order valence-corrected chi connectivity index (χ2v) is 6.22. The molecule has 0 aliphatic carbocycles. The molecule has 0 spiro atoms. The topological polar surface area (TPSA) is 21.3 Å². The third-order valence-electron chi connectivity index (χ3n) is 2.88. The third-order valence-corrected chi connectivity index (χ3v) is 2.88. The molecule has 2 heteroatoms. The lowest BCUT2D eigenvalue weighted by molar-refractivity contribution is 0.313. The summed E-state index contributed by atoms with van der Waals surface area (Å²) < 4.78 is 5.94. The molecule has 0 fully saturated rings. The number of hydrogen-bond acceptors (Lipinski definition) is 2. The van der Waals surface area contributed by atoms with E-state index in [1.807, 2.05) is 6.92 Å². The Kier molecular flexibility index (Phi) is 5.61. The van der Waals surface area contributed by atoms with E-state index in [9.17, 15) is 0 Å². The van der Waals surface area contributed by atoms with E-state index in [4.69, 9.17) is 4.74 Å². The number of ether oxygens (including phenoxy) is 1. The summed E-state index contributed by atoms with van der Waals surface area (Å²) in [4.78, 5) is 0. The van der Waals surface area contributed by atoms with Gasteiger partial charge >= 0.3 is 0 Å². The fourth-order valence-electron chi connectivity index (χ4n) is 1.75. The van der Waals surface area contributed by atoms with Crippen LogP contribution in [0.25, 0.3) is 0 Å². The van der Waals surface area contributed by atoms with Gasteiger partial charge < -0.3 is 10.1 Å². The molecule has 0 aliphatic heterocycles. The molecule has 1 N–H and O–H groups in total. The Morgan fingerprint density at radius 1 is 1.32 bits per heavy atom. The normalized spacial score (nSPS) is 11.4. The van der Waals surface area contributed by atoms with Crippen LogP contribution in [0.3, 0.4) is 0 Å². The summed E-state index contributed by atoms with van der Waals surface area (Å²) in [5.41, 5.74) is 3.67. The van der Waals surface area contributed by atoms with Crippen molar-refractivity contribution in [3.8, 4) is 5.75 Å². The Morgan fingerprint density at radius 3 is 2.58 bits per heavy atom. The number of para-hydroxylation sites is 1. The highest BCUT2D eigenvalue weighted by molar-refractivity contribution is 5.40. The molecule has 1 aromatic rings. The summed E-state index contributed by atoms with van der Waals surface area (Å²) in [7, 11) is 0. The van der Waals surface area contributed by atoms with Crippen molar-refractivity contribution in [2.24, 2.45) is 0 Å². The third kappa shape index (κ3) is 5.93. The molecule has 0 saturated carbocycles. The standard InChI is InChI=1S/C17H27NO/c1-13(2)10-11-19-16-14(3)8-7-9-15(16)12-18-17(4,5)6/h7-9,18H,1,10-12H2,2-6H3. The number of nitrogens with one attached hydrogen (secondary N) is 1. The van der Waals surface area contributed by atoms with Crippen molar-refractivity contribution >= 4 is 0 Å². The van der Waals surface area contributed by atoms with Gasteiger partial charge in [0, 0.05) is 24.1 Å². The Balaban J connectivity index is 2.74. The van der Waals surface area contributed by atoms with Gasteiger partial charge in [0.05, 0.1) is 6.61 Å². The fraction of sp³-hybridized carbons (Fsp3) is 0.529. The zero-order valence-corrected chi connectivity index (χ0v) is 13.0. The molecule has 19 heavy (non-hydrogen) atoms. The summed E-state index contributed by atoms with van der Waals surface area (Å²) >= 11 is 0. The maximum absolute atomic E-state index is 5.94. The van der Waals surface area contributed by atoms with Gasteiger partial charge in [0.2, 0.25) is 0 Å². The van der Waals surface area contributed by atoms with E-state index in [0.29, 0.717) is 6.61 Å². The Morgan fingerprint density at radius 2 is 2.00 bits per heavy atom. The van der Waals surface area contributed by atoms with E-state index >= 15 is 0 Å². The molecule has 0 radical (unpaired) electrons. The summed E-state index contributed by atoms with van der Waals surface area (Å²) in [6.07, 6.45) is 0.903. The Bertz CT molecular complexity index is 429. The van der Waals surface area contributed by atoms with Crippen LogP contribution in [-0.4, -0.2) is 12.1 Å². The lowest BCUT2D eigenvalue weighted by Crippen LogP contribution is -2.35. The van der Waals surface area contributed by atoms with Gasteiger partial charge in [0.15, 0.2) is 0 Å². The van der Waals surface area contributed by atoms with E-state index in [-0.39, 0.29) is 5.54 Å². The highest BCUT2D eigenvalue weighted by Gasteiger charge is 2.12. The van der Waals surface area contributed by atoms with Gasteiger partial charge in [-0.2, -0.15) is 0 Å². The van der Waals surface area contributed by atoms with Crippen LogP contribution < -0.4 is 10.1 Å². The lowest BCUT2D eigenvalue weighted by Gasteiger charge is -2.22. The van der Waals surface area contributed by atoms with E-state index < -0.39 is 0 Å². The molecule has 0 bridgehead atoms. The zero-order chi connectivity index (χ0) is 14.5. The number of benzene rings is 1. The average Bonchev–Trinajstić information content (AvgIpc) is 2.27. The van der Waals surface area contributed by atoms with Gasteiger partial charge in [-0.15, -0.1) is 6.58 Å². The van der Waals surface area contributed by atoms with Crippen molar-refractivity contribution in [2.75, 3.05) is 6.61 Å².